The average Bonchev–Trinajstić information content (AvgIpc) is 3.00. The number of carbonyl (C=O) groups excluding carboxylic acids is 2. The van der Waals surface area contributed by atoms with Crippen molar-refractivity contribution in [2.45, 2.75) is 20.4 Å². The number of aryl methyl sites for hydroxylation is 1. The van der Waals surface area contributed by atoms with Crippen molar-refractivity contribution in [3.8, 4) is 5.75 Å². The third kappa shape index (κ3) is 5.01. The van der Waals surface area contributed by atoms with E-state index in [9.17, 15) is 9.59 Å². The van der Waals surface area contributed by atoms with Gasteiger partial charge in [0.05, 0.1) is 25.0 Å². The molecular formula is C22H23N3O4. The summed E-state index contributed by atoms with van der Waals surface area (Å²) < 4.78 is 12.0. The standard InChI is InChI=1S/C22H23N3O4/c1-15-21(16(2)25(24-15)13-17-7-5-4-6-8-17)22(27)29-14-20(26)23-18-9-11-19(28-3)12-10-18/h4-12H,13-14H2,1-3H3,(H,23,26). The average molecular weight is 393 g/mol. The molecule has 7 heteroatoms. The second-order valence-corrected chi connectivity index (χ2v) is 6.54. The lowest BCUT2D eigenvalue weighted by Crippen LogP contribution is -2.21. The first-order chi connectivity index (χ1) is 14.0. The highest BCUT2D eigenvalue weighted by Gasteiger charge is 2.21. The Bertz CT molecular complexity index is 995. The maximum absolute atomic E-state index is 12.5. The molecule has 3 aromatic rings. The Morgan fingerprint density at radius 3 is 2.38 bits per heavy atom. The summed E-state index contributed by atoms with van der Waals surface area (Å²) >= 11 is 0. The van der Waals surface area contributed by atoms with Crippen molar-refractivity contribution in [3.05, 3.63) is 77.1 Å². The van der Waals surface area contributed by atoms with Crippen LogP contribution in [0.1, 0.15) is 27.3 Å². The highest BCUT2D eigenvalue weighted by Crippen LogP contribution is 2.17. The largest absolute Gasteiger partial charge is 0.497 e. The highest BCUT2D eigenvalue weighted by molar-refractivity contribution is 5.96. The molecule has 3 rings (SSSR count). The number of nitrogens with one attached hydrogen (secondary N) is 1. The lowest BCUT2D eigenvalue weighted by atomic mass is 10.2. The number of rotatable bonds is 7. The molecule has 0 saturated heterocycles. The van der Waals surface area contributed by atoms with E-state index >= 15 is 0 Å². The molecule has 1 amide bonds. The first-order valence-electron chi connectivity index (χ1n) is 9.17. The lowest BCUT2D eigenvalue weighted by molar-refractivity contribution is -0.119. The minimum Gasteiger partial charge on any atom is -0.497 e. The molecule has 0 fully saturated rings. The van der Waals surface area contributed by atoms with Crippen molar-refractivity contribution in [2.24, 2.45) is 0 Å². The zero-order chi connectivity index (χ0) is 20.8. The summed E-state index contributed by atoms with van der Waals surface area (Å²) in [5, 5.41) is 7.12. The maximum Gasteiger partial charge on any atom is 0.342 e. The van der Waals surface area contributed by atoms with Gasteiger partial charge in [0.2, 0.25) is 0 Å². The normalized spacial score (nSPS) is 10.4. The summed E-state index contributed by atoms with van der Waals surface area (Å²) in [5.41, 5.74) is 3.33. The van der Waals surface area contributed by atoms with Crippen LogP contribution in [0.15, 0.2) is 54.6 Å². The number of nitrogens with zero attached hydrogens (tertiary/aromatic N) is 2. The van der Waals surface area contributed by atoms with Gasteiger partial charge in [-0.25, -0.2) is 4.79 Å². The third-order valence-corrected chi connectivity index (χ3v) is 4.47. The summed E-state index contributed by atoms with van der Waals surface area (Å²) in [7, 11) is 1.57. The minimum atomic E-state index is -0.566. The molecule has 0 spiro atoms. The van der Waals surface area contributed by atoms with Crippen LogP contribution >= 0.6 is 0 Å². The van der Waals surface area contributed by atoms with Crippen LogP contribution in [0.25, 0.3) is 0 Å². The fraction of sp³-hybridized carbons (Fsp3) is 0.227. The number of aromatic nitrogens is 2. The molecule has 0 aliphatic heterocycles. The predicted molar refractivity (Wildman–Crippen MR) is 109 cm³/mol. The molecule has 150 valence electrons. The zero-order valence-electron chi connectivity index (χ0n) is 16.6. The number of hydrogen-bond acceptors (Lipinski definition) is 5. The molecule has 7 nitrogen and oxygen atoms in total. The highest BCUT2D eigenvalue weighted by atomic mass is 16.5. The van der Waals surface area contributed by atoms with Crippen LogP contribution in [0.3, 0.4) is 0 Å². The van der Waals surface area contributed by atoms with Crippen LogP contribution in [0.5, 0.6) is 5.75 Å². The van der Waals surface area contributed by atoms with Crippen molar-refractivity contribution >= 4 is 17.6 Å². The van der Waals surface area contributed by atoms with Crippen LogP contribution in [0, 0.1) is 13.8 Å². The van der Waals surface area contributed by atoms with E-state index in [1.807, 2.05) is 37.3 Å². The second kappa shape index (κ2) is 9.05. The Kier molecular flexibility index (Phi) is 6.29. The topological polar surface area (TPSA) is 82.4 Å². The van der Waals surface area contributed by atoms with E-state index in [0.29, 0.717) is 34.9 Å². The monoisotopic (exact) mass is 393 g/mol. The smallest absolute Gasteiger partial charge is 0.342 e. The third-order valence-electron chi connectivity index (χ3n) is 4.47. The molecule has 1 aromatic heterocycles. The molecule has 0 saturated carbocycles. The van der Waals surface area contributed by atoms with Gasteiger partial charge < -0.3 is 14.8 Å². The zero-order valence-corrected chi connectivity index (χ0v) is 16.6. The summed E-state index contributed by atoms with van der Waals surface area (Å²) in [6.07, 6.45) is 0. The molecule has 0 bridgehead atoms. The van der Waals surface area contributed by atoms with E-state index in [2.05, 4.69) is 10.4 Å². The molecular weight excluding hydrogens is 370 g/mol. The minimum absolute atomic E-state index is 0.381. The Balaban J connectivity index is 1.60. The number of methoxy groups -OCH3 is 1. The van der Waals surface area contributed by atoms with Crippen LogP contribution in [0.2, 0.25) is 0 Å². The summed E-state index contributed by atoms with van der Waals surface area (Å²) in [5.74, 6) is -0.299. The van der Waals surface area contributed by atoms with Crippen molar-refractivity contribution in [3.63, 3.8) is 0 Å². The van der Waals surface area contributed by atoms with Gasteiger partial charge in [0.1, 0.15) is 11.3 Å². The molecule has 1 heterocycles. The van der Waals surface area contributed by atoms with E-state index in [0.717, 1.165) is 5.56 Å². The Morgan fingerprint density at radius 2 is 1.72 bits per heavy atom. The molecule has 1 N–H and O–H groups in total. The SMILES string of the molecule is COc1ccc(NC(=O)COC(=O)c2c(C)nn(Cc3ccccc3)c2C)cc1. The molecule has 0 atom stereocenters. The van der Waals surface area contributed by atoms with Crippen LogP contribution in [-0.4, -0.2) is 35.4 Å². The van der Waals surface area contributed by atoms with Gasteiger partial charge in [0, 0.05) is 5.69 Å². The number of carbonyl (C=O) groups is 2. The Morgan fingerprint density at radius 1 is 1.03 bits per heavy atom. The predicted octanol–water partition coefficient (Wildman–Crippen LogP) is 3.35. The molecule has 0 aliphatic rings. The fourth-order valence-corrected chi connectivity index (χ4v) is 2.98. The van der Waals surface area contributed by atoms with Crippen molar-refractivity contribution in [2.75, 3.05) is 19.0 Å². The molecule has 0 unspecified atom stereocenters. The van der Waals surface area contributed by atoms with Gasteiger partial charge in [-0.05, 0) is 43.7 Å². The van der Waals surface area contributed by atoms with Gasteiger partial charge >= 0.3 is 5.97 Å². The van der Waals surface area contributed by atoms with Gasteiger partial charge in [-0.15, -0.1) is 0 Å². The summed E-state index contributed by atoms with van der Waals surface area (Å²) in [4.78, 5) is 24.6. The first-order valence-corrected chi connectivity index (χ1v) is 9.17. The van der Waals surface area contributed by atoms with E-state index in [1.54, 1.807) is 43.0 Å². The van der Waals surface area contributed by atoms with Crippen molar-refractivity contribution in [1.29, 1.82) is 0 Å². The summed E-state index contributed by atoms with van der Waals surface area (Å²) in [6.45, 7) is 3.74. The molecule has 0 radical (unpaired) electrons. The van der Waals surface area contributed by atoms with Crippen molar-refractivity contribution < 1.29 is 19.1 Å². The van der Waals surface area contributed by atoms with Crippen LogP contribution < -0.4 is 10.1 Å². The number of benzene rings is 2. The van der Waals surface area contributed by atoms with E-state index in [1.165, 1.54) is 0 Å². The van der Waals surface area contributed by atoms with Gasteiger partial charge in [-0.2, -0.15) is 5.10 Å². The fourth-order valence-electron chi connectivity index (χ4n) is 2.98. The quantitative estimate of drug-likeness (QED) is 0.623. The number of amides is 1. The number of ether oxygens (including phenoxy) is 2. The van der Waals surface area contributed by atoms with E-state index < -0.39 is 11.9 Å². The Hall–Kier alpha value is -3.61. The lowest BCUT2D eigenvalue weighted by Gasteiger charge is -2.08. The van der Waals surface area contributed by atoms with Crippen LogP contribution in [-0.2, 0) is 16.1 Å². The van der Waals surface area contributed by atoms with Crippen molar-refractivity contribution in [1.82, 2.24) is 9.78 Å². The van der Waals surface area contributed by atoms with E-state index in [-0.39, 0.29) is 6.61 Å². The number of esters is 1. The number of anilines is 1. The number of hydrogen-bond donors (Lipinski definition) is 1. The summed E-state index contributed by atoms with van der Waals surface area (Å²) in [6, 6.07) is 16.7. The molecule has 2 aromatic carbocycles. The van der Waals surface area contributed by atoms with Crippen LogP contribution in [0.4, 0.5) is 5.69 Å². The van der Waals surface area contributed by atoms with Gasteiger partial charge in [-0.1, -0.05) is 30.3 Å². The van der Waals surface area contributed by atoms with Gasteiger partial charge in [0.25, 0.3) is 5.91 Å². The van der Waals surface area contributed by atoms with Gasteiger partial charge in [0.15, 0.2) is 6.61 Å². The second-order valence-electron chi connectivity index (χ2n) is 6.54. The maximum atomic E-state index is 12.5. The Labute approximate surface area is 169 Å². The van der Waals surface area contributed by atoms with E-state index in [4.69, 9.17) is 9.47 Å². The van der Waals surface area contributed by atoms with Gasteiger partial charge in [-0.3, -0.25) is 9.48 Å². The molecule has 0 aliphatic carbocycles. The first kappa shape index (κ1) is 20.1. The molecule has 29 heavy (non-hydrogen) atoms.